The highest BCUT2D eigenvalue weighted by molar-refractivity contribution is 6.33. The minimum Gasteiger partial charge on any atom is -0.355 e. The van der Waals surface area contributed by atoms with Gasteiger partial charge in [0.1, 0.15) is 11.3 Å². The summed E-state index contributed by atoms with van der Waals surface area (Å²) in [4.78, 5) is 35.3. The SMILES string of the molecule is Cc1ccc(Nc2cc3[nH]c(-c4ccccc4)nc3c3c2C(=O)c2ccccc2C3=O)cc1. The average Bonchev–Trinajstić information content (AvgIpc) is 3.28. The number of aromatic nitrogens is 2. The van der Waals surface area contributed by atoms with Crippen LogP contribution in [0.25, 0.3) is 22.4 Å². The number of rotatable bonds is 3. The third-order valence-electron chi connectivity index (χ3n) is 6.02. The van der Waals surface area contributed by atoms with Crippen molar-refractivity contribution < 1.29 is 9.59 Å². The molecule has 1 aliphatic carbocycles. The van der Waals surface area contributed by atoms with Crippen LogP contribution in [-0.2, 0) is 0 Å². The number of nitrogens with zero attached hydrogens (tertiary/aromatic N) is 1. The Bertz CT molecular complexity index is 1560. The van der Waals surface area contributed by atoms with Gasteiger partial charge in [0.15, 0.2) is 11.6 Å². The number of aryl methyl sites for hydroxylation is 1. The number of carbonyl (C=O) groups is 2. The van der Waals surface area contributed by atoms with Crippen LogP contribution in [-0.4, -0.2) is 21.5 Å². The summed E-state index contributed by atoms with van der Waals surface area (Å²) in [6, 6.07) is 26.5. The lowest BCUT2D eigenvalue weighted by Gasteiger charge is -2.21. The first-order chi connectivity index (χ1) is 16.1. The Morgan fingerprint density at radius 1 is 0.758 bits per heavy atom. The number of carbonyl (C=O) groups excluding carboxylic acids is 2. The van der Waals surface area contributed by atoms with Crippen LogP contribution >= 0.6 is 0 Å². The molecule has 1 aromatic heterocycles. The van der Waals surface area contributed by atoms with E-state index >= 15 is 0 Å². The molecule has 2 N–H and O–H groups in total. The molecule has 0 saturated heterocycles. The van der Waals surface area contributed by atoms with Gasteiger partial charge in [-0.2, -0.15) is 0 Å². The normalized spacial score (nSPS) is 12.5. The van der Waals surface area contributed by atoms with Gasteiger partial charge in [0, 0.05) is 22.4 Å². The maximum absolute atomic E-state index is 13.6. The van der Waals surface area contributed by atoms with Gasteiger partial charge in [-0.3, -0.25) is 9.59 Å². The summed E-state index contributed by atoms with van der Waals surface area (Å²) in [7, 11) is 0. The van der Waals surface area contributed by atoms with Crippen LogP contribution in [0.2, 0.25) is 0 Å². The molecule has 33 heavy (non-hydrogen) atoms. The van der Waals surface area contributed by atoms with Gasteiger partial charge in [0.25, 0.3) is 0 Å². The molecule has 5 aromatic rings. The third-order valence-corrected chi connectivity index (χ3v) is 6.02. The smallest absolute Gasteiger partial charge is 0.196 e. The highest BCUT2D eigenvalue weighted by Gasteiger charge is 2.34. The summed E-state index contributed by atoms with van der Waals surface area (Å²) in [5.74, 6) is 0.282. The first kappa shape index (κ1) is 19.2. The van der Waals surface area contributed by atoms with E-state index in [-0.39, 0.29) is 11.6 Å². The van der Waals surface area contributed by atoms with Crippen molar-refractivity contribution in [3.63, 3.8) is 0 Å². The van der Waals surface area contributed by atoms with Gasteiger partial charge in [-0.25, -0.2) is 4.98 Å². The predicted molar refractivity (Wildman–Crippen MR) is 129 cm³/mol. The number of ketones is 2. The number of hydrogen-bond donors (Lipinski definition) is 2. The maximum atomic E-state index is 13.6. The van der Waals surface area contributed by atoms with Crippen molar-refractivity contribution in [2.75, 3.05) is 5.32 Å². The fourth-order valence-electron chi connectivity index (χ4n) is 4.38. The molecule has 1 heterocycles. The Labute approximate surface area is 190 Å². The summed E-state index contributed by atoms with van der Waals surface area (Å²) >= 11 is 0. The number of hydrogen-bond acceptors (Lipinski definition) is 4. The van der Waals surface area contributed by atoms with Crippen molar-refractivity contribution in [3.05, 3.63) is 113 Å². The predicted octanol–water partition coefficient (Wildman–Crippen LogP) is 6.06. The molecule has 5 nitrogen and oxygen atoms in total. The van der Waals surface area contributed by atoms with Crippen molar-refractivity contribution in [3.8, 4) is 11.4 Å². The van der Waals surface area contributed by atoms with E-state index in [1.165, 1.54) is 0 Å². The minimum atomic E-state index is -0.191. The summed E-state index contributed by atoms with van der Waals surface area (Å²) < 4.78 is 0. The van der Waals surface area contributed by atoms with Crippen molar-refractivity contribution in [2.24, 2.45) is 0 Å². The maximum Gasteiger partial charge on any atom is 0.196 e. The summed E-state index contributed by atoms with van der Waals surface area (Å²) in [6.07, 6.45) is 0. The van der Waals surface area contributed by atoms with Crippen LogP contribution in [0.15, 0.2) is 84.9 Å². The molecule has 158 valence electrons. The summed E-state index contributed by atoms with van der Waals surface area (Å²) in [6.45, 7) is 2.02. The van der Waals surface area contributed by atoms with E-state index in [2.05, 4.69) is 10.3 Å². The second-order valence-electron chi connectivity index (χ2n) is 8.22. The number of aromatic amines is 1. The standard InChI is InChI=1S/C28H19N3O2/c1-16-11-13-18(14-12-16)29-21-15-22-25(31-28(30-22)17-7-3-2-4-8-17)24-23(21)26(32)19-9-5-6-10-20(19)27(24)33/h2-15,29H,1H3,(H,30,31). The second-order valence-corrected chi connectivity index (χ2v) is 8.22. The Morgan fingerprint density at radius 2 is 1.39 bits per heavy atom. The van der Waals surface area contributed by atoms with Gasteiger partial charge in [0.2, 0.25) is 0 Å². The van der Waals surface area contributed by atoms with Gasteiger partial charge in [0.05, 0.1) is 22.3 Å². The number of imidazole rings is 1. The van der Waals surface area contributed by atoms with Crippen molar-refractivity contribution in [1.82, 2.24) is 9.97 Å². The molecule has 6 rings (SSSR count). The molecule has 0 saturated carbocycles. The van der Waals surface area contributed by atoms with E-state index in [1.54, 1.807) is 24.3 Å². The van der Waals surface area contributed by atoms with E-state index < -0.39 is 0 Å². The average molecular weight is 429 g/mol. The van der Waals surface area contributed by atoms with Crippen LogP contribution in [0.5, 0.6) is 0 Å². The van der Waals surface area contributed by atoms with E-state index in [1.807, 2.05) is 67.6 Å². The zero-order valence-electron chi connectivity index (χ0n) is 17.8. The zero-order valence-corrected chi connectivity index (χ0v) is 17.8. The van der Waals surface area contributed by atoms with E-state index in [9.17, 15) is 9.59 Å². The molecule has 4 aromatic carbocycles. The van der Waals surface area contributed by atoms with E-state index in [0.29, 0.717) is 44.8 Å². The Hall–Kier alpha value is -4.51. The molecule has 0 spiro atoms. The molecule has 0 amide bonds. The molecule has 0 atom stereocenters. The summed E-state index contributed by atoms with van der Waals surface area (Å²) in [5.41, 5.74) is 6.19. The van der Waals surface area contributed by atoms with Gasteiger partial charge in [-0.05, 0) is 25.1 Å². The Morgan fingerprint density at radius 3 is 2.09 bits per heavy atom. The molecular weight excluding hydrogens is 410 g/mol. The lowest BCUT2D eigenvalue weighted by atomic mass is 9.82. The topological polar surface area (TPSA) is 74.8 Å². The van der Waals surface area contributed by atoms with Crippen molar-refractivity contribution in [1.29, 1.82) is 0 Å². The Balaban J connectivity index is 1.62. The molecule has 0 radical (unpaired) electrons. The van der Waals surface area contributed by atoms with Crippen LogP contribution in [0.3, 0.4) is 0 Å². The second kappa shape index (κ2) is 7.28. The third kappa shape index (κ3) is 3.05. The molecule has 5 heteroatoms. The first-order valence-electron chi connectivity index (χ1n) is 10.7. The molecule has 0 bridgehead atoms. The minimum absolute atomic E-state index is 0.180. The highest BCUT2D eigenvalue weighted by Crippen LogP contribution is 2.38. The summed E-state index contributed by atoms with van der Waals surface area (Å²) in [5, 5.41) is 3.36. The lowest BCUT2D eigenvalue weighted by Crippen LogP contribution is -2.22. The molecule has 0 unspecified atom stereocenters. The molecule has 0 aliphatic heterocycles. The van der Waals surface area contributed by atoms with Gasteiger partial charge in [-0.15, -0.1) is 0 Å². The monoisotopic (exact) mass is 429 g/mol. The lowest BCUT2D eigenvalue weighted by molar-refractivity contribution is 0.0981. The van der Waals surface area contributed by atoms with Crippen molar-refractivity contribution in [2.45, 2.75) is 6.92 Å². The number of anilines is 2. The Kier molecular flexibility index (Phi) is 4.23. The van der Waals surface area contributed by atoms with Crippen LogP contribution in [0, 0.1) is 6.92 Å². The van der Waals surface area contributed by atoms with E-state index in [4.69, 9.17) is 4.98 Å². The fraction of sp³-hybridized carbons (Fsp3) is 0.0357. The quantitative estimate of drug-likeness (QED) is 0.359. The van der Waals surface area contributed by atoms with Gasteiger partial charge < -0.3 is 10.3 Å². The number of H-pyrrole nitrogens is 1. The molecule has 0 fully saturated rings. The van der Waals surface area contributed by atoms with Gasteiger partial charge in [-0.1, -0.05) is 72.3 Å². The molecular formula is C28H19N3O2. The number of fused-ring (bicyclic) bond motifs is 4. The van der Waals surface area contributed by atoms with Crippen LogP contribution in [0.4, 0.5) is 11.4 Å². The number of nitrogens with one attached hydrogen (secondary N) is 2. The van der Waals surface area contributed by atoms with Gasteiger partial charge >= 0.3 is 0 Å². The number of benzene rings is 4. The molecule has 1 aliphatic rings. The van der Waals surface area contributed by atoms with E-state index in [0.717, 1.165) is 16.8 Å². The van der Waals surface area contributed by atoms with Crippen LogP contribution < -0.4 is 5.32 Å². The zero-order chi connectivity index (χ0) is 22.5. The first-order valence-corrected chi connectivity index (χ1v) is 10.7. The largest absolute Gasteiger partial charge is 0.355 e. The fourth-order valence-corrected chi connectivity index (χ4v) is 4.38. The highest BCUT2D eigenvalue weighted by atomic mass is 16.1. The van der Waals surface area contributed by atoms with Crippen LogP contribution in [0.1, 0.15) is 37.4 Å². The van der Waals surface area contributed by atoms with Crippen molar-refractivity contribution >= 4 is 34.0 Å².